The molecule has 0 saturated heterocycles. The van der Waals surface area contributed by atoms with Crippen molar-refractivity contribution >= 4 is 5.65 Å². The summed E-state index contributed by atoms with van der Waals surface area (Å²) in [5.41, 5.74) is 0.758. The van der Waals surface area contributed by atoms with Crippen molar-refractivity contribution in [1.29, 1.82) is 5.26 Å². The van der Waals surface area contributed by atoms with Gasteiger partial charge in [-0.2, -0.15) is 14.5 Å². The van der Waals surface area contributed by atoms with E-state index in [0.29, 0.717) is 17.0 Å². The second kappa shape index (κ2) is 4.96. The van der Waals surface area contributed by atoms with Gasteiger partial charge in [0.15, 0.2) is 17.3 Å². The summed E-state index contributed by atoms with van der Waals surface area (Å²) in [6.07, 6.45) is 1.37. The van der Waals surface area contributed by atoms with Crippen molar-refractivity contribution in [3.05, 3.63) is 54.4 Å². The quantitative estimate of drug-likeness (QED) is 0.555. The Morgan fingerprint density at radius 3 is 2.70 bits per heavy atom. The lowest BCUT2D eigenvalue weighted by Gasteiger charge is -2.03. The highest BCUT2D eigenvalue weighted by atomic mass is 19.1. The van der Waals surface area contributed by atoms with Gasteiger partial charge in [-0.05, 0) is 24.3 Å². The smallest absolute Gasteiger partial charge is 0.206 e. The molecule has 4 aromatic rings. The lowest BCUT2D eigenvalue weighted by Crippen LogP contribution is -2.04. The third-order valence-electron chi connectivity index (χ3n) is 3.19. The van der Waals surface area contributed by atoms with Gasteiger partial charge in [0.05, 0.1) is 5.56 Å². The van der Waals surface area contributed by atoms with Crippen LogP contribution in [0.15, 0.2) is 42.7 Å². The third-order valence-corrected chi connectivity index (χ3v) is 3.19. The highest BCUT2D eigenvalue weighted by Gasteiger charge is 2.14. The summed E-state index contributed by atoms with van der Waals surface area (Å²) in [6.45, 7) is 0. The second-order valence-corrected chi connectivity index (χ2v) is 4.59. The van der Waals surface area contributed by atoms with E-state index in [0.717, 1.165) is 0 Å². The maximum Gasteiger partial charge on any atom is 0.252 e. The number of benzene rings is 1. The molecule has 0 saturated carbocycles. The first-order chi connectivity index (χ1) is 11.3. The molecule has 1 aromatic carbocycles. The number of rotatable bonds is 2. The molecule has 0 aliphatic rings. The Kier molecular flexibility index (Phi) is 2.81. The van der Waals surface area contributed by atoms with E-state index in [9.17, 15) is 4.39 Å². The van der Waals surface area contributed by atoms with E-state index in [2.05, 4.69) is 25.4 Å². The second-order valence-electron chi connectivity index (χ2n) is 4.59. The van der Waals surface area contributed by atoms with Gasteiger partial charge in [0.1, 0.15) is 18.2 Å². The van der Waals surface area contributed by atoms with Crippen molar-refractivity contribution < 1.29 is 4.39 Å². The summed E-state index contributed by atoms with van der Waals surface area (Å²) < 4.78 is 16.7. The highest BCUT2D eigenvalue weighted by molar-refractivity contribution is 5.59. The minimum absolute atomic E-state index is 0.0324. The van der Waals surface area contributed by atoms with Crippen LogP contribution in [0.25, 0.3) is 22.9 Å². The van der Waals surface area contributed by atoms with Crippen LogP contribution < -0.4 is 0 Å². The molecule has 0 unspecified atom stereocenters. The van der Waals surface area contributed by atoms with E-state index in [4.69, 9.17) is 5.26 Å². The van der Waals surface area contributed by atoms with Crippen molar-refractivity contribution in [2.45, 2.75) is 0 Å². The molecule has 0 spiro atoms. The Bertz CT molecular complexity index is 1060. The SMILES string of the molecule is N#Cc1ncn(-c2ccc3nnc(-c4ccccc4F)n3n2)n1. The Labute approximate surface area is 128 Å². The topological polar surface area (TPSA) is 97.6 Å². The van der Waals surface area contributed by atoms with Gasteiger partial charge in [-0.25, -0.2) is 9.37 Å². The van der Waals surface area contributed by atoms with Crippen LogP contribution in [-0.4, -0.2) is 34.6 Å². The average Bonchev–Trinajstić information content (AvgIpc) is 3.21. The number of hydrogen-bond donors (Lipinski definition) is 0. The number of hydrogen-bond acceptors (Lipinski definition) is 6. The van der Waals surface area contributed by atoms with Crippen molar-refractivity contribution in [3.63, 3.8) is 0 Å². The van der Waals surface area contributed by atoms with E-state index >= 15 is 0 Å². The molecule has 0 amide bonds. The Balaban J connectivity index is 1.90. The Morgan fingerprint density at radius 2 is 1.91 bits per heavy atom. The van der Waals surface area contributed by atoms with E-state index in [1.165, 1.54) is 21.6 Å². The summed E-state index contributed by atoms with van der Waals surface area (Å²) in [6, 6.07) is 11.4. The molecule has 0 fully saturated rings. The van der Waals surface area contributed by atoms with Gasteiger partial charge in [-0.3, -0.25) is 0 Å². The molecule has 110 valence electrons. The zero-order chi connectivity index (χ0) is 15.8. The van der Waals surface area contributed by atoms with Crippen molar-refractivity contribution in [2.24, 2.45) is 0 Å². The monoisotopic (exact) mass is 306 g/mol. The molecule has 0 bridgehead atoms. The molecule has 0 radical (unpaired) electrons. The van der Waals surface area contributed by atoms with Crippen molar-refractivity contribution in [1.82, 2.24) is 34.6 Å². The van der Waals surface area contributed by atoms with Crippen LogP contribution in [0.1, 0.15) is 5.82 Å². The van der Waals surface area contributed by atoms with Gasteiger partial charge in [0, 0.05) is 0 Å². The predicted octanol–water partition coefficient (Wildman–Crippen LogP) is 1.38. The number of halogens is 1. The number of aromatic nitrogens is 7. The summed E-state index contributed by atoms with van der Waals surface area (Å²) >= 11 is 0. The molecule has 9 heteroatoms. The molecule has 4 rings (SSSR count). The minimum atomic E-state index is -0.415. The van der Waals surface area contributed by atoms with Gasteiger partial charge in [-0.1, -0.05) is 12.1 Å². The Hall–Kier alpha value is -3.67. The van der Waals surface area contributed by atoms with Crippen LogP contribution in [0, 0.1) is 17.1 Å². The van der Waals surface area contributed by atoms with Crippen LogP contribution in [0.2, 0.25) is 0 Å². The van der Waals surface area contributed by atoms with E-state index < -0.39 is 5.82 Å². The van der Waals surface area contributed by atoms with Crippen LogP contribution in [0.4, 0.5) is 4.39 Å². The molecule has 3 aromatic heterocycles. The van der Waals surface area contributed by atoms with Gasteiger partial charge in [0.25, 0.3) is 5.82 Å². The zero-order valence-electron chi connectivity index (χ0n) is 11.5. The van der Waals surface area contributed by atoms with Crippen LogP contribution in [0.5, 0.6) is 0 Å². The van der Waals surface area contributed by atoms with Crippen molar-refractivity contribution in [3.8, 4) is 23.3 Å². The first-order valence-electron chi connectivity index (χ1n) is 6.56. The maximum absolute atomic E-state index is 14.0. The average molecular weight is 306 g/mol. The van der Waals surface area contributed by atoms with Gasteiger partial charge in [0.2, 0.25) is 0 Å². The van der Waals surface area contributed by atoms with Crippen LogP contribution in [0.3, 0.4) is 0 Å². The predicted molar refractivity (Wildman–Crippen MR) is 75.8 cm³/mol. The normalized spacial score (nSPS) is 10.8. The first-order valence-corrected chi connectivity index (χ1v) is 6.56. The lowest BCUT2D eigenvalue weighted by atomic mass is 10.2. The standard InChI is InChI=1S/C14H7FN8/c15-10-4-2-1-3-9(10)14-19-18-12-5-6-13(21-23(12)14)22-8-17-11(7-16)20-22/h1-6,8H. The molecule has 0 atom stereocenters. The highest BCUT2D eigenvalue weighted by Crippen LogP contribution is 2.21. The zero-order valence-corrected chi connectivity index (χ0v) is 11.5. The summed E-state index contributed by atoms with van der Waals surface area (Å²) in [4.78, 5) is 3.82. The fourth-order valence-corrected chi connectivity index (χ4v) is 2.14. The first kappa shape index (κ1) is 13.0. The van der Waals surface area contributed by atoms with Crippen LogP contribution >= 0.6 is 0 Å². The number of nitrogens with zero attached hydrogens (tertiary/aromatic N) is 8. The molecular formula is C14H7FN8. The minimum Gasteiger partial charge on any atom is -0.206 e. The molecule has 8 nitrogen and oxygen atoms in total. The molecule has 0 aliphatic heterocycles. The van der Waals surface area contributed by atoms with Gasteiger partial charge >= 0.3 is 0 Å². The Morgan fingerprint density at radius 1 is 1.04 bits per heavy atom. The fraction of sp³-hybridized carbons (Fsp3) is 0. The van der Waals surface area contributed by atoms with Gasteiger partial charge in [-0.15, -0.1) is 20.4 Å². The van der Waals surface area contributed by atoms with E-state index in [1.54, 1.807) is 30.3 Å². The van der Waals surface area contributed by atoms with Gasteiger partial charge < -0.3 is 0 Å². The van der Waals surface area contributed by atoms with E-state index in [-0.39, 0.29) is 11.6 Å². The molecular weight excluding hydrogens is 299 g/mol. The molecule has 0 N–H and O–H groups in total. The van der Waals surface area contributed by atoms with Crippen molar-refractivity contribution in [2.75, 3.05) is 0 Å². The summed E-state index contributed by atoms with van der Waals surface area (Å²) in [5.74, 6) is 0.302. The van der Waals surface area contributed by atoms with E-state index in [1.807, 2.05) is 6.07 Å². The third kappa shape index (κ3) is 2.09. The summed E-state index contributed by atoms with van der Waals surface area (Å²) in [7, 11) is 0. The number of fused-ring (bicyclic) bond motifs is 1. The summed E-state index contributed by atoms with van der Waals surface area (Å²) in [5, 5.41) is 25.1. The van der Waals surface area contributed by atoms with Crippen LogP contribution in [-0.2, 0) is 0 Å². The maximum atomic E-state index is 14.0. The fourth-order valence-electron chi connectivity index (χ4n) is 2.14. The number of nitriles is 1. The lowest BCUT2D eigenvalue weighted by molar-refractivity contribution is 0.629. The largest absolute Gasteiger partial charge is 0.252 e. The molecule has 23 heavy (non-hydrogen) atoms. The molecule has 3 heterocycles. The molecule has 0 aliphatic carbocycles.